The van der Waals surface area contributed by atoms with Gasteiger partial charge in [0.1, 0.15) is 0 Å². The van der Waals surface area contributed by atoms with E-state index in [1.165, 1.54) is 0 Å². The molecule has 6 nitrogen and oxygen atoms in total. The van der Waals surface area contributed by atoms with Crippen molar-refractivity contribution >= 4 is 17.3 Å². The van der Waals surface area contributed by atoms with Crippen molar-refractivity contribution in [3.63, 3.8) is 0 Å². The van der Waals surface area contributed by atoms with Gasteiger partial charge in [0.25, 0.3) is 0 Å². The average Bonchev–Trinajstić information content (AvgIpc) is 3.05. The smallest absolute Gasteiger partial charge is 0.247 e. The molecular formula is C18H15N5O. The van der Waals surface area contributed by atoms with Crippen molar-refractivity contribution in [2.75, 3.05) is 12.4 Å². The van der Waals surface area contributed by atoms with E-state index in [1.54, 1.807) is 17.8 Å². The SMILES string of the molecule is COc1cc(-c2cccc3nc(Nc4ccccc4)nn23)ccn1. The Morgan fingerprint density at radius 2 is 1.88 bits per heavy atom. The number of aromatic nitrogens is 4. The molecule has 3 aromatic heterocycles. The number of benzene rings is 1. The molecule has 0 unspecified atom stereocenters. The molecule has 118 valence electrons. The molecule has 0 bridgehead atoms. The highest BCUT2D eigenvalue weighted by Gasteiger charge is 2.10. The molecule has 0 aliphatic carbocycles. The standard InChI is InChI=1S/C18H15N5O/c1-24-17-12-13(10-11-19-17)15-8-5-9-16-21-18(22-23(15)16)20-14-6-3-2-4-7-14/h2-12H,1H3,(H,20,22). The lowest BCUT2D eigenvalue weighted by Crippen LogP contribution is -1.96. The summed E-state index contributed by atoms with van der Waals surface area (Å²) < 4.78 is 7.01. The zero-order valence-electron chi connectivity index (χ0n) is 13.0. The number of para-hydroxylation sites is 1. The van der Waals surface area contributed by atoms with Gasteiger partial charge < -0.3 is 10.1 Å². The second-order valence-corrected chi connectivity index (χ2v) is 5.19. The van der Waals surface area contributed by atoms with E-state index in [0.717, 1.165) is 22.6 Å². The van der Waals surface area contributed by atoms with Crippen molar-refractivity contribution in [2.24, 2.45) is 0 Å². The van der Waals surface area contributed by atoms with Crippen molar-refractivity contribution < 1.29 is 4.74 Å². The zero-order chi connectivity index (χ0) is 16.4. The Labute approximate surface area is 138 Å². The van der Waals surface area contributed by atoms with Gasteiger partial charge in [-0.3, -0.25) is 0 Å². The number of nitrogens with zero attached hydrogens (tertiary/aromatic N) is 4. The van der Waals surface area contributed by atoms with Crippen LogP contribution in [0.1, 0.15) is 0 Å². The largest absolute Gasteiger partial charge is 0.481 e. The third-order valence-electron chi connectivity index (χ3n) is 3.63. The van der Waals surface area contributed by atoms with Crippen LogP contribution in [0.25, 0.3) is 16.9 Å². The second-order valence-electron chi connectivity index (χ2n) is 5.19. The summed E-state index contributed by atoms with van der Waals surface area (Å²) in [5, 5.41) is 7.79. The second kappa shape index (κ2) is 6.00. The van der Waals surface area contributed by atoms with Gasteiger partial charge in [-0.2, -0.15) is 4.98 Å². The first-order chi connectivity index (χ1) is 11.8. The number of rotatable bonds is 4. The molecule has 0 aliphatic heterocycles. The van der Waals surface area contributed by atoms with Gasteiger partial charge in [-0.1, -0.05) is 24.3 Å². The number of pyridine rings is 2. The Balaban J connectivity index is 1.77. The average molecular weight is 317 g/mol. The quantitative estimate of drug-likeness (QED) is 0.623. The van der Waals surface area contributed by atoms with Crippen LogP contribution in [-0.2, 0) is 0 Å². The molecule has 0 atom stereocenters. The number of hydrogen-bond acceptors (Lipinski definition) is 5. The Hall–Kier alpha value is -3.41. The molecule has 24 heavy (non-hydrogen) atoms. The molecule has 3 heterocycles. The fourth-order valence-corrected chi connectivity index (χ4v) is 2.51. The summed E-state index contributed by atoms with van der Waals surface area (Å²) in [6, 6.07) is 19.5. The Bertz CT molecular complexity index is 981. The molecular weight excluding hydrogens is 302 g/mol. The van der Waals surface area contributed by atoms with E-state index in [2.05, 4.69) is 20.4 Å². The molecule has 0 radical (unpaired) electrons. The predicted octanol–water partition coefficient (Wildman–Crippen LogP) is 3.54. The van der Waals surface area contributed by atoms with Crippen LogP contribution in [0.2, 0.25) is 0 Å². The van der Waals surface area contributed by atoms with Crippen LogP contribution in [-0.4, -0.2) is 26.7 Å². The topological polar surface area (TPSA) is 64.3 Å². The van der Waals surface area contributed by atoms with E-state index in [1.807, 2.05) is 60.7 Å². The van der Waals surface area contributed by atoms with Gasteiger partial charge >= 0.3 is 0 Å². The number of hydrogen-bond donors (Lipinski definition) is 1. The van der Waals surface area contributed by atoms with E-state index in [4.69, 9.17) is 4.74 Å². The molecule has 1 aromatic carbocycles. The molecule has 4 aromatic rings. The molecule has 4 rings (SSSR count). The lowest BCUT2D eigenvalue weighted by molar-refractivity contribution is 0.398. The van der Waals surface area contributed by atoms with Gasteiger partial charge in [0.05, 0.1) is 12.8 Å². The summed E-state index contributed by atoms with van der Waals surface area (Å²) in [6.45, 7) is 0. The number of nitrogens with one attached hydrogen (secondary N) is 1. The molecule has 0 saturated carbocycles. The monoisotopic (exact) mass is 317 g/mol. The van der Waals surface area contributed by atoms with Gasteiger partial charge in [-0.15, -0.1) is 5.10 Å². The van der Waals surface area contributed by atoms with E-state index in [0.29, 0.717) is 11.8 Å². The van der Waals surface area contributed by atoms with Crippen molar-refractivity contribution in [3.8, 4) is 17.1 Å². The Kier molecular flexibility index (Phi) is 3.55. The molecule has 0 fully saturated rings. The van der Waals surface area contributed by atoms with E-state index in [-0.39, 0.29) is 0 Å². The minimum absolute atomic E-state index is 0.551. The van der Waals surface area contributed by atoms with Gasteiger partial charge in [0.15, 0.2) is 5.65 Å². The van der Waals surface area contributed by atoms with E-state index >= 15 is 0 Å². The van der Waals surface area contributed by atoms with Gasteiger partial charge in [-0.05, 0) is 30.3 Å². The van der Waals surface area contributed by atoms with Gasteiger partial charge in [0, 0.05) is 23.5 Å². The van der Waals surface area contributed by atoms with Gasteiger partial charge in [0.2, 0.25) is 11.8 Å². The van der Waals surface area contributed by atoms with E-state index < -0.39 is 0 Å². The van der Waals surface area contributed by atoms with E-state index in [9.17, 15) is 0 Å². The minimum atomic E-state index is 0.551. The lowest BCUT2D eigenvalue weighted by atomic mass is 10.2. The fourth-order valence-electron chi connectivity index (χ4n) is 2.51. The third kappa shape index (κ3) is 2.65. The zero-order valence-corrected chi connectivity index (χ0v) is 13.0. The molecule has 0 saturated heterocycles. The van der Waals surface area contributed by atoms with Crippen LogP contribution in [0.3, 0.4) is 0 Å². The first kappa shape index (κ1) is 14.2. The molecule has 0 amide bonds. The molecule has 0 aliphatic rings. The van der Waals surface area contributed by atoms with Crippen molar-refractivity contribution in [2.45, 2.75) is 0 Å². The summed E-state index contributed by atoms with van der Waals surface area (Å²) in [7, 11) is 1.60. The maximum Gasteiger partial charge on any atom is 0.247 e. The van der Waals surface area contributed by atoms with Crippen LogP contribution in [0.15, 0.2) is 66.9 Å². The van der Waals surface area contributed by atoms with Crippen molar-refractivity contribution in [1.29, 1.82) is 0 Å². The first-order valence-electron chi connectivity index (χ1n) is 7.52. The predicted molar refractivity (Wildman–Crippen MR) is 92.5 cm³/mol. The number of ether oxygens (including phenoxy) is 1. The highest BCUT2D eigenvalue weighted by molar-refractivity contribution is 5.65. The maximum atomic E-state index is 5.20. The molecule has 6 heteroatoms. The van der Waals surface area contributed by atoms with Crippen LogP contribution in [0.4, 0.5) is 11.6 Å². The summed E-state index contributed by atoms with van der Waals surface area (Å²) in [4.78, 5) is 8.68. The molecule has 0 spiro atoms. The third-order valence-corrected chi connectivity index (χ3v) is 3.63. The van der Waals surface area contributed by atoms with Crippen LogP contribution < -0.4 is 10.1 Å². The van der Waals surface area contributed by atoms with Crippen LogP contribution >= 0.6 is 0 Å². The van der Waals surface area contributed by atoms with Crippen molar-refractivity contribution in [3.05, 3.63) is 66.9 Å². The van der Waals surface area contributed by atoms with Crippen molar-refractivity contribution in [1.82, 2.24) is 19.6 Å². The lowest BCUT2D eigenvalue weighted by Gasteiger charge is -2.05. The minimum Gasteiger partial charge on any atom is -0.481 e. The van der Waals surface area contributed by atoms with Gasteiger partial charge in [-0.25, -0.2) is 9.50 Å². The Morgan fingerprint density at radius 3 is 2.71 bits per heavy atom. The first-order valence-corrected chi connectivity index (χ1v) is 7.52. The normalized spacial score (nSPS) is 10.7. The summed E-state index contributed by atoms with van der Waals surface area (Å²) in [6.07, 6.45) is 1.72. The highest BCUT2D eigenvalue weighted by atomic mass is 16.5. The number of fused-ring (bicyclic) bond motifs is 1. The fraction of sp³-hybridized carbons (Fsp3) is 0.0556. The number of anilines is 2. The van der Waals surface area contributed by atoms with Crippen LogP contribution in [0.5, 0.6) is 5.88 Å². The summed E-state index contributed by atoms with van der Waals surface area (Å²) in [5.74, 6) is 1.11. The summed E-state index contributed by atoms with van der Waals surface area (Å²) in [5.41, 5.74) is 3.59. The van der Waals surface area contributed by atoms with Crippen LogP contribution in [0, 0.1) is 0 Å². The maximum absolute atomic E-state index is 5.20. The number of methoxy groups -OCH3 is 1. The summed E-state index contributed by atoms with van der Waals surface area (Å²) >= 11 is 0. The highest BCUT2D eigenvalue weighted by Crippen LogP contribution is 2.23. The molecule has 1 N–H and O–H groups in total. The Morgan fingerprint density at radius 1 is 1.00 bits per heavy atom.